The standard InChI is InChI=1S/C23H25F3N2O4/c1-15-9-20(31-14-18-13-30-8-7-27(18)2)10-17-12-28(22(29)21(15)17)11-16-3-5-19(6-4-16)32-23(24,25)26/h3-6,9-10,12,18,29H,7-8,11,13-14H2,1-2H3. The van der Waals surface area contributed by atoms with Crippen molar-refractivity contribution in [3.8, 4) is 17.4 Å². The maximum Gasteiger partial charge on any atom is 0.573 e. The van der Waals surface area contributed by atoms with Gasteiger partial charge in [0.2, 0.25) is 0 Å². The first-order valence-electron chi connectivity index (χ1n) is 10.3. The Labute approximate surface area is 183 Å². The second-order valence-corrected chi connectivity index (χ2v) is 8.00. The molecule has 0 aliphatic carbocycles. The number of hydrogen-bond acceptors (Lipinski definition) is 5. The fourth-order valence-corrected chi connectivity index (χ4v) is 3.86. The molecule has 32 heavy (non-hydrogen) atoms. The Balaban J connectivity index is 1.49. The van der Waals surface area contributed by atoms with E-state index >= 15 is 0 Å². The first-order valence-corrected chi connectivity index (χ1v) is 10.3. The van der Waals surface area contributed by atoms with Gasteiger partial charge in [0.1, 0.15) is 18.1 Å². The zero-order valence-corrected chi connectivity index (χ0v) is 17.9. The summed E-state index contributed by atoms with van der Waals surface area (Å²) in [6.45, 7) is 4.92. The summed E-state index contributed by atoms with van der Waals surface area (Å²) in [5.41, 5.74) is 1.60. The summed E-state index contributed by atoms with van der Waals surface area (Å²) >= 11 is 0. The summed E-state index contributed by atoms with van der Waals surface area (Å²) in [6, 6.07) is 9.53. The van der Waals surface area contributed by atoms with Gasteiger partial charge >= 0.3 is 6.36 Å². The second kappa shape index (κ2) is 8.91. The molecule has 0 spiro atoms. The third-order valence-electron chi connectivity index (χ3n) is 5.60. The summed E-state index contributed by atoms with van der Waals surface area (Å²) in [7, 11) is 2.05. The average Bonchev–Trinajstić information content (AvgIpc) is 3.03. The van der Waals surface area contributed by atoms with Crippen LogP contribution in [0.1, 0.15) is 11.1 Å². The summed E-state index contributed by atoms with van der Waals surface area (Å²) in [5.74, 6) is 0.523. The molecule has 1 fully saturated rings. The Bertz CT molecular complexity index is 1080. The van der Waals surface area contributed by atoms with Crippen molar-refractivity contribution in [1.29, 1.82) is 0 Å². The molecule has 1 saturated heterocycles. The quantitative estimate of drug-likeness (QED) is 0.607. The first-order chi connectivity index (χ1) is 15.2. The topological polar surface area (TPSA) is 56.1 Å². The minimum atomic E-state index is -4.73. The molecule has 6 nitrogen and oxygen atoms in total. The van der Waals surface area contributed by atoms with Gasteiger partial charge in [-0.1, -0.05) is 12.1 Å². The molecule has 1 aliphatic heterocycles. The molecule has 0 bridgehead atoms. The molecule has 1 N–H and O–H groups in total. The molecular formula is C23H25F3N2O4. The van der Waals surface area contributed by atoms with E-state index in [9.17, 15) is 18.3 Å². The van der Waals surface area contributed by atoms with Crippen LogP contribution < -0.4 is 9.47 Å². The zero-order valence-electron chi connectivity index (χ0n) is 17.9. The number of alkyl halides is 3. The maximum atomic E-state index is 12.3. The number of halogens is 3. The number of ether oxygens (including phenoxy) is 3. The van der Waals surface area contributed by atoms with Crippen molar-refractivity contribution in [2.75, 3.05) is 33.4 Å². The highest BCUT2D eigenvalue weighted by molar-refractivity contribution is 5.92. The number of aromatic hydroxyl groups is 1. The molecule has 172 valence electrons. The lowest BCUT2D eigenvalue weighted by Crippen LogP contribution is -2.46. The molecule has 0 amide bonds. The van der Waals surface area contributed by atoms with Gasteiger partial charge in [-0.2, -0.15) is 0 Å². The first kappa shape index (κ1) is 22.3. The fraction of sp³-hybridized carbons (Fsp3) is 0.391. The predicted molar refractivity (Wildman–Crippen MR) is 113 cm³/mol. The number of morpholine rings is 1. The van der Waals surface area contributed by atoms with Crippen LogP contribution in [-0.2, 0) is 11.3 Å². The molecule has 1 aliphatic rings. The van der Waals surface area contributed by atoms with E-state index in [1.54, 1.807) is 10.8 Å². The third-order valence-corrected chi connectivity index (χ3v) is 5.60. The molecule has 9 heteroatoms. The normalized spacial score (nSPS) is 17.6. The van der Waals surface area contributed by atoms with Gasteiger partial charge < -0.3 is 23.9 Å². The van der Waals surface area contributed by atoms with E-state index in [1.807, 2.05) is 26.1 Å². The van der Waals surface area contributed by atoms with Gasteiger partial charge in [-0.05, 0) is 49.4 Å². The largest absolute Gasteiger partial charge is 0.573 e. The number of rotatable bonds is 6. The van der Waals surface area contributed by atoms with Gasteiger partial charge in [0, 0.05) is 23.5 Å². The van der Waals surface area contributed by atoms with Crippen LogP contribution in [0.4, 0.5) is 13.2 Å². The summed E-state index contributed by atoms with van der Waals surface area (Å²) in [4.78, 5) is 2.21. The number of nitrogens with zero attached hydrogens (tertiary/aromatic N) is 2. The Morgan fingerprint density at radius 3 is 2.59 bits per heavy atom. The van der Waals surface area contributed by atoms with Crippen LogP contribution in [0.15, 0.2) is 42.6 Å². The number of benzene rings is 2. The molecule has 4 rings (SSSR count). The lowest BCUT2D eigenvalue weighted by Gasteiger charge is -2.32. The van der Waals surface area contributed by atoms with Crippen LogP contribution in [0.25, 0.3) is 10.8 Å². The molecule has 3 aromatic rings. The Kier molecular flexibility index (Phi) is 6.21. The number of aromatic nitrogens is 1. The highest BCUT2D eigenvalue weighted by Gasteiger charge is 2.31. The molecule has 1 unspecified atom stereocenters. The zero-order chi connectivity index (χ0) is 22.9. The van der Waals surface area contributed by atoms with Crippen molar-refractivity contribution < 1.29 is 32.5 Å². The lowest BCUT2D eigenvalue weighted by molar-refractivity contribution is -0.274. The number of aryl methyl sites for hydroxylation is 1. The van der Waals surface area contributed by atoms with Crippen molar-refractivity contribution in [2.45, 2.75) is 25.9 Å². The lowest BCUT2D eigenvalue weighted by atomic mass is 10.1. The fourth-order valence-electron chi connectivity index (χ4n) is 3.86. The van der Waals surface area contributed by atoms with Crippen molar-refractivity contribution >= 4 is 10.8 Å². The summed E-state index contributed by atoms with van der Waals surface area (Å²) < 4.78 is 54.1. The van der Waals surface area contributed by atoms with Gasteiger partial charge in [-0.25, -0.2) is 0 Å². The van der Waals surface area contributed by atoms with Crippen molar-refractivity contribution in [2.24, 2.45) is 0 Å². The van der Waals surface area contributed by atoms with Crippen LogP contribution in [-0.4, -0.2) is 60.4 Å². The predicted octanol–water partition coefficient (Wildman–Crippen LogP) is 4.31. The molecule has 1 aromatic heterocycles. The minimum Gasteiger partial charge on any atom is -0.494 e. The highest BCUT2D eigenvalue weighted by Crippen LogP contribution is 2.34. The van der Waals surface area contributed by atoms with Crippen LogP contribution in [0.3, 0.4) is 0 Å². The van der Waals surface area contributed by atoms with Crippen LogP contribution in [0.5, 0.6) is 17.4 Å². The van der Waals surface area contributed by atoms with Crippen molar-refractivity contribution in [3.63, 3.8) is 0 Å². The third kappa shape index (κ3) is 5.11. The highest BCUT2D eigenvalue weighted by atomic mass is 19.4. The summed E-state index contributed by atoms with van der Waals surface area (Å²) in [6.07, 6.45) is -2.92. The van der Waals surface area contributed by atoms with Gasteiger partial charge in [0.15, 0.2) is 5.88 Å². The van der Waals surface area contributed by atoms with Crippen LogP contribution in [0.2, 0.25) is 0 Å². The van der Waals surface area contributed by atoms with E-state index in [2.05, 4.69) is 9.64 Å². The Hall–Kier alpha value is -2.91. The van der Waals surface area contributed by atoms with Crippen LogP contribution in [0, 0.1) is 6.92 Å². The molecule has 1 atom stereocenters. The Morgan fingerprint density at radius 2 is 1.91 bits per heavy atom. The van der Waals surface area contributed by atoms with Gasteiger partial charge in [0.25, 0.3) is 0 Å². The van der Waals surface area contributed by atoms with E-state index in [1.165, 1.54) is 24.3 Å². The van der Waals surface area contributed by atoms with Crippen molar-refractivity contribution in [1.82, 2.24) is 9.47 Å². The average molecular weight is 450 g/mol. The Morgan fingerprint density at radius 1 is 1.16 bits per heavy atom. The molecule has 2 aromatic carbocycles. The van der Waals surface area contributed by atoms with E-state index in [0.717, 1.165) is 29.7 Å². The van der Waals surface area contributed by atoms with E-state index in [0.29, 0.717) is 30.9 Å². The second-order valence-electron chi connectivity index (χ2n) is 8.00. The van der Waals surface area contributed by atoms with E-state index in [-0.39, 0.29) is 17.7 Å². The maximum absolute atomic E-state index is 12.3. The van der Waals surface area contributed by atoms with Crippen molar-refractivity contribution in [3.05, 3.63) is 53.7 Å². The smallest absolute Gasteiger partial charge is 0.494 e. The SMILES string of the molecule is Cc1cc(OCC2COCCN2C)cc2cn(Cc3ccc(OC(F)(F)F)cc3)c(O)c12. The van der Waals surface area contributed by atoms with E-state index in [4.69, 9.17) is 9.47 Å². The van der Waals surface area contributed by atoms with E-state index < -0.39 is 6.36 Å². The molecule has 2 heterocycles. The minimum absolute atomic E-state index is 0.0973. The van der Waals surface area contributed by atoms with Gasteiger partial charge in [-0.15, -0.1) is 13.2 Å². The van der Waals surface area contributed by atoms with Gasteiger partial charge in [-0.3, -0.25) is 4.90 Å². The monoisotopic (exact) mass is 450 g/mol. The molecular weight excluding hydrogens is 425 g/mol. The van der Waals surface area contributed by atoms with Crippen LogP contribution >= 0.6 is 0 Å². The number of fused-ring (bicyclic) bond motifs is 1. The van der Waals surface area contributed by atoms with Gasteiger partial charge in [0.05, 0.1) is 25.8 Å². The number of likely N-dealkylation sites (N-methyl/N-ethyl adjacent to an activating group) is 1. The molecule has 0 radical (unpaired) electrons. The number of hydrogen-bond donors (Lipinski definition) is 1. The molecule has 0 saturated carbocycles. The summed E-state index contributed by atoms with van der Waals surface area (Å²) in [5, 5.41) is 12.3.